The van der Waals surface area contributed by atoms with E-state index in [1.54, 1.807) is 11.8 Å². The number of thioether (sulfide) groups is 1. The lowest BCUT2D eigenvalue weighted by Gasteiger charge is -2.35. The van der Waals surface area contributed by atoms with E-state index in [0.29, 0.717) is 39.1 Å². The fraction of sp³-hybridized carbons (Fsp3) is 0.905. The highest BCUT2D eigenvalue weighted by Gasteiger charge is 2.49. The van der Waals surface area contributed by atoms with Crippen molar-refractivity contribution in [1.29, 1.82) is 0 Å². The van der Waals surface area contributed by atoms with Crippen LogP contribution in [0.1, 0.15) is 38.5 Å². The predicted octanol–water partition coefficient (Wildman–Crippen LogP) is 0.935. The molecule has 0 radical (unpaired) electrons. The molecule has 3 N–H and O–H groups in total. The van der Waals surface area contributed by atoms with E-state index in [1.165, 1.54) is 0 Å². The zero-order valence-corrected chi connectivity index (χ0v) is 18.4. The van der Waals surface area contributed by atoms with Crippen LogP contribution in [0.5, 0.6) is 0 Å². The molecule has 0 aromatic rings. The Hall–Kier alpha value is -0.970. The van der Waals surface area contributed by atoms with Crippen molar-refractivity contribution in [2.45, 2.75) is 79.7 Å². The highest BCUT2D eigenvalue weighted by atomic mass is 32.2. The molecule has 0 aromatic heterocycles. The van der Waals surface area contributed by atoms with Crippen molar-refractivity contribution in [1.82, 2.24) is 20.9 Å². The summed E-state index contributed by atoms with van der Waals surface area (Å²) >= 11 is 1.67. The maximum absolute atomic E-state index is 14.3. The molecule has 4 aliphatic heterocycles. The summed E-state index contributed by atoms with van der Waals surface area (Å²) in [6.07, 6.45) is 0.680. The fourth-order valence-electron chi connectivity index (χ4n) is 5.83. The van der Waals surface area contributed by atoms with Gasteiger partial charge in [-0.05, 0) is 38.5 Å². The zero-order valence-electron chi connectivity index (χ0n) is 17.6. The van der Waals surface area contributed by atoms with Gasteiger partial charge in [0.2, 0.25) is 11.8 Å². The minimum absolute atomic E-state index is 0.00532. The summed E-state index contributed by atoms with van der Waals surface area (Å²) < 4.78 is 33.4. The monoisotopic (exact) mass is 458 g/mol. The van der Waals surface area contributed by atoms with Crippen LogP contribution in [-0.2, 0) is 14.3 Å². The number of hydrogen-bond donors (Lipinski definition) is 3. The Labute approximate surface area is 185 Å². The molecular weight excluding hydrogens is 426 g/mol. The van der Waals surface area contributed by atoms with Crippen LogP contribution in [0.25, 0.3) is 0 Å². The first kappa shape index (κ1) is 21.9. The van der Waals surface area contributed by atoms with E-state index in [9.17, 15) is 18.4 Å². The normalized spacial score (nSPS) is 43.4. The topological polar surface area (TPSA) is 82.7 Å². The molecule has 10 heteroatoms. The van der Waals surface area contributed by atoms with Crippen LogP contribution < -0.4 is 16.0 Å². The third kappa shape index (κ3) is 4.45. The number of nitrogens with one attached hydrogen (secondary N) is 3. The van der Waals surface area contributed by atoms with Gasteiger partial charge in [0.25, 0.3) is 0 Å². The Bertz CT molecular complexity index is 698. The van der Waals surface area contributed by atoms with Crippen LogP contribution in [0.15, 0.2) is 0 Å². The van der Waals surface area contributed by atoms with Gasteiger partial charge in [0.05, 0.1) is 6.04 Å². The Morgan fingerprint density at radius 1 is 1.03 bits per heavy atom. The summed E-state index contributed by atoms with van der Waals surface area (Å²) in [6.45, 7) is 2.53. The van der Waals surface area contributed by atoms with Crippen molar-refractivity contribution in [3.8, 4) is 0 Å². The van der Waals surface area contributed by atoms with Crippen LogP contribution in [0.4, 0.5) is 8.78 Å². The van der Waals surface area contributed by atoms with Crippen LogP contribution in [0.3, 0.4) is 0 Å². The van der Waals surface area contributed by atoms with Crippen molar-refractivity contribution in [3.05, 3.63) is 0 Å². The number of carbonyl (C=O) groups excluding carboxylic acids is 2. The largest absolute Gasteiger partial charge is 0.381 e. The fourth-order valence-corrected chi connectivity index (χ4v) is 7.29. The third-order valence-electron chi connectivity index (χ3n) is 7.66. The van der Waals surface area contributed by atoms with E-state index < -0.39 is 24.3 Å². The average molecular weight is 459 g/mol. The number of likely N-dealkylation sites (tertiary alicyclic amines) is 1. The van der Waals surface area contributed by atoms with E-state index in [0.717, 1.165) is 19.3 Å². The molecule has 7 nitrogen and oxygen atoms in total. The molecule has 8 atom stereocenters. The molecule has 0 spiro atoms. The maximum Gasteiger partial charge on any atom is 0.239 e. The van der Waals surface area contributed by atoms with E-state index in [-0.39, 0.29) is 47.0 Å². The van der Waals surface area contributed by atoms with E-state index in [2.05, 4.69) is 16.0 Å². The van der Waals surface area contributed by atoms with Gasteiger partial charge in [0.15, 0.2) is 0 Å². The number of amides is 2. The van der Waals surface area contributed by atoms with Crippen LogP contribution in [0, 0.1) is 11.8 Å². The Morgan fingerprint density at radius 3 is 2.65 bits per heavy atom. The summed E-state index contributed by atoms with van der Waals surface area (Å²) in [6, 6.07) is -0.255. The smallest absolute Gasteiger partial charge is 0.239 e. The van der Waals surface area contributed by atoms with Gasteiger partial charge in [0, 0.05) is 55.5 Å². The highest BCUT2D eigenvalue weighted by Crippen LogP contribution is 2.38. The number of carbonyl (C=O) groups is 2. The molecule has 5 fully saturated rings. The zero-order chi connectivity index (χ0) is 21.5. The Kier molecular flexibility index (Phi) is 6.42. The minimum Gasteiger partial charge on any atom is -0.381 e. The molecule has 0 bridgehead atoms. The number of hydrogen-bond acceptors (Lipinski definition) is 6. The molecule has 2 amide bonds. The number of ether oxygens (including phenoxy) is 1. The summed E-state index contributed by atoms with van der Waals surface area (Å²) in [5.41, 5.74) is -0.137. The number of fused-ring (bicyclic) bond motifs is 2. The Morgan fingerprint density at radius 2 is 1.84 bits per heavy atom. The predicted molar refractivity (Wildman–Crippen MR) is 113 cm³/mol. The highest BCUT2D eigenvalue weighted by molar-refractivity contribution is 8.00. The summed E-state index contributed by atoms with van der Waals surface area (Å²) in [4.78, 5) is 27.5. The summed E-state index contributed by atoms with van der Waals surface area (Å²) in [5, 5.41) is 10.1. The second kappa shape index (κ2) is 9.11. The van der Waals surface area contributed by atoms with Crippen molar-refractivity contribution in [3.63, 3.8) is 0 Å². The molecular formula is C21H32F2N4O3S. The third-order valence-corrected chi connectivity index (χ3v) is 9.01. The molecule has 8 unspecified atom stereocenters. The number of rotatable bonds is 3. The maximum atomic E-state index is 14.3. The van der Waals surface area contributed by atoms with Gasteiger partial charge >= 0.3 is 0 Å². The van der Waals surface area contributed by atoms with Gasteiger partial charge in [-0.25, -0.2) is 8.78 Å². The van der Waals surface area contributed by atoms with Gasteiger partial charge < -0.3 is 20.3 Å². The second-order valence-electron chi connectivity index (χ2n) is 9.56. The van der Waals surface area contributed by atoms with E-state index in [1.807, 2.05) is 4.90 Å². The number of alkyl halides is 2. The first-order valence-electron chi connectivity index (χ1n) is 11.6. The molecule has 0 aromatic carbocycles. The lowest BCUT2D eigenvalue weighted by Crippen LogP contribution is -2.54. The molecule has 5 rings (SSSR count). The standard InChI is InChI=1S/C21H32F2N4O3S/c22-13-1-2-14-12(18(13)23)9-16(24-14)20(29)27-6-3-15-17(10-27)31-21(25-15)26-19(28)11-4-7-30-8-5-11/h11-18,21,24-25H,1-10H2,(H,26,28). The molecule has 31 heavy (non-hydrogen) atoms. The van der Waals surface area contributed by atoms with Crippen molar-refractivity contribution < 1.29 is 23.1 Å². The van der Waals surface area contributed by atoms with Crippen molar-refractivity contribution in [2.24, 2.45) is 11.8 Å². The second-order valence-corrected chi connectivity index (χ2v) is 10.9. The first-order chi connectivity index (χ1) is 15.0. The molecule has 1 saturated carbocycles. The van der Waals surface area contributed by atoms with Crippen molar-refractivity contribution >= 4 is 23.6 Å². The number of piperidine rings is 1. The van der Waals surface area contributed by atoms with Gasteiger partial charge in [-0.3, -0.25) is 14.9 Å². The Balaban J connectivity index is 1.13. The van der Waals surface area contributed by atoms with E-state index in [4.69, 9.17) is 4.74 Å². The van der Waals surface area contributed by atoms with Crippen LogP contribution in [-0.4, -0.2) is 84.2 Å². The minimum atomic E-state index is -1.47. The first-order valence-corrected chi connectivity index (χ1v) is 12.6. The molecule has 4 heterocycles. The summed E-state index contributed by atoms with van der Waals surface area (Å²) in [7, 11) is 0. The van der Waals surface area contributed by atoms with Gasteiger partial charge in [-0.2, -0.15) is 0 Å². The van der Waals surface area contributed by atoms with E-state index >= 15 is 0 Å². The molecule has 4 saturated heterocycles. The van der Waals surface area contributed by atoms with Gasteiger partial charge in [0.1, 0.15) is 17.8 Å². The summed E-state index contributed by atoms with van der Waals surface area (Å²) in [5.74, 6) is -0.310. The SMILES string of the molecule is O=C(NC1NC2CCN(C(=O)C3CC4C(CCC(F)C4F)N3)CC2S1)C1CCOCC1. The lowest BCUT2D eigenvalue weighted by molar-refractivity contribution is -0.134. The molecule has 1 aliphatic carbocycles. The van der Waals surface area contributed by atoms with Crippen LogP contribution in [0.2, 0.25) is 0 Å². The number of halogens is 2. The molecule has 5 aliphatic rings. The number of nitrogens with zero attached hydrogens (tertiary/aromatic N) is 1. The van der Waals surface area contributed by atoms with Crippen LogP contribution >= 0.6 is 11.8 Å². The lowest BCUT2D eigenvalue weighted by atomic mass is 9.82. The average Bonchev–Trinajstić information content (AvgIpc) is 3.40. The quantitative estimate of drug-likeness (QED) is 0.584. The molecule has 174 valence electrons. The van der Waals surface area contributed by atoms with Gasteiger partial charge in [-0.15, -0.1) is 11.8 Å². The van der Waals surface area contributed by atoms with Crippen molar-refractivity contribution in [2.75, 3.05) is 26.3 Å². The van der Waals surface area contributed by atoms with Gasteiger partial charge in [-0.1, -0.05) is 0 Å².